The lowest BCUT2D eigenvalue weighted by Gasteiger charge is -2.10. The van der Waals surface area contributed by atoms with Gasteiger partial charge in [-0.1, -0.05) is 6.92 Å². The van der Waals surface area contributed by atoms with E-state index in [0.29, 0.717) is 24.5 Å². The van der Waals surface area contributed by atoms with Crippen molar-refractivity contribution < 1.29 is 14.7 Å². The average molecular weight is 271 g/mol. The molecule has 1 heterocycles. The predicted octanol–water partition coefficient (Wildman–Crippen LogP) is 0.356. The van der Waals surface area contributed by atoms with Crippen molar-refractivity contribution in [3.05, 3.63) is 16.1 Å². The van der Waals surface area contributed by atoms with Crippen LogP contribution in [0.25, 0.3) is 0 Å². The maximum atomic E-state index is 11.6. The number of carbonyl (C=O) groups excluding carboxylic acids is 1. The number of aromatic carboxylic acids is 1. The highest BCUT2D eigenvalue weighted by atomic mass is 32.1. The van der Waals surface area contributed by atoms with E-state index < -0.39 is 5.97 Å². The number of thiazole rings is 1. The van der Waals surface area contributed by atoms with Crippen molar-refractivity contribution >= 4 is 23.2 Å². The number of nitrogens with zero attached hydrogens (tertiary/aromatic N) is 1. The molecule has 1 rings (SSSR count). The minimum Gasteiger partial charge on any atom is -0.476 e. The quantitative estimate of drug-likeness (QED) is 0.666. The molecule has 0 aliphatic rings. The Morgan fingerprint density at radius 2 is 2.28 bits per heavy atom. The first-order valence-corrected chi connectivity index (χ1v) is 6.52. The molecule has 0 aromatic carbocycles. The van der Waals surface area contributed by atoms with Gasteiger partial charge in [-0.2, -0.15) is 0 Å². The third-order valence-electron chi connectivity index (χ3n) is 2.37. The van der Waals surface area contributed by atoms with E-state index in [4.69, 9.17) is 5.11 Å². The second kappa shape index (κ2) is 7.07. The van der Waals surface area contributed by atoms with Crippen molar-refractivity contribution in [2.24, 2.45) is 5.92 Å². The third kappa shape index (κ3) is 4.42. The molecule has 1 aromatic rings. The number of carbonyl (C=O) groups is 2. The number of carboxylic acids is 1. The summed E-state index contributed by atoms with van der Waals surface area (Å²) < 4.78 is 0. The summed E-state index contributed by atoms with van der Waals surface area (Å²) in [7, 11) is 1.80. The molecule has 1 atom stereocenters. The van der Waals surface area contributed by atoms with Gasteiger partial charge in [0.15, 0.2) is 5.69 Å². The summed E-state index contributed by atoms with van der Waals surface area (Å²) in [5.41, 5.74) is 0.0601. The molecule has 1 unspecified atom stereocenters. The zero-order valence-corrected chi connectivity index (χ0v) is 11.2. The van der Waals surface area contributed by atoms with Crippen molar-refractivity contribution in [3.8, 4) is 0 Å². The molecule has 0 fully saturated rings. The Morgan fingerprint density at radius 1 is 1.56 bits per heavy atom. The van der Waals surface area contributed by atoms with Crippen LogP contribution in [0.1, 0.15) is 22.4 Å². The molecular formula is C11H17N3O3S. The normalized spacial score (nSPS) is 12.1. The lowest BCUT2D eigenvalue weighted by molar-refractivity contribution is -0.124. The number of aromatic nitrogens is 1. The van der Waals surface area contributed by atoms with Gasteiger partial charge in [0.05, 0.1) is 5.01 Å². The van der Waals surface area contributed by atoms with E-state index in [1.807, 2.05) is 6.92 Å². The first-order chi connectivity index (χ1) is 8.54. The van der Waals surface area contributed by atoms with Crippen LogP contribution in [0.3, 0.4) is 0 Å². The maximum Gasteiger partial charge on any atom is 0.355 e. The van der Waals surface area contributed by atoms with Gasteiger partial charge in [0.1, 0.15) is 0 Å². The molecule has 1 aromatic heterocycles. The molecule has 3 N–H and O–H groups in total. The van der Waals surface area contributed by atoms with E-state index in [0.717, 1.165) is 0 Å². The molecule has 0 radical (unpaired) electrons. The highest BCUT2D eigenvalue weighted by Gasteiger charge is 2.12. The summed E-state index contributed by atoms with van der Waals surface area (Å²) in [4.78, 5) is 26.1. The van der Waals surface area contributed by atoms with Gasteiger partial charge in [-0.3, -0.25) is 4.79 Å². The van der Waals surface area contributed by atoms with Crippen LogP contribution in [0.5, 0.6) is 0 Å². The number of hydrogen-bond acceptors (Lipinski definition) is 5. The average Bonchev–Trinajstić information content (AvgIpc) is 2.78. The third-order valence-corrected chi connectivity index (χ3v) is 3.28. The maximum absolute atomic E-state index is 11.6. The first kappa shape index (κ1) is 14.6. The van der Waals surface area contributed by atoms with E-state index >= 15 is 0 Å². The van der Waals surface area contributed by atoms with Gasteiger partial charge in [-0.15, -0.1) is 11.3 Å². The molecule has 0 bridgehead atoms. The predicted molar refractivity (Wildman–Crippen MR) is 68.9 cm³/mol. The van der Waals surface area contributed by atoms with Crippen LogP contribution < -0.4 is 10.6 Å². The van der Waals surface area contributed by atoms with Crippen molar-refractivity contribution in [2.45, 2.75) is 13.3 Å². The van der Waals surface area contributed by atoms with E-state index in [9.17, 15) is 9.59 Å². The van der Waals surface area contributed by atoms with Gasteiger partial charge >= 0.3 is 5.97 Å². The summed E-state index contributed by atoms with van der Waals surface area (Å²) in [5.74, 6) is -1.12. The number of hydrogen-bond donors (Lipinski definition) is 3. The first-order valence-electron chi connectivity index (χ1n) is 5.64. The topological polar surface area (TPSA) is 91.3 Å². The fourth-order valence-corrected chi connectivity index (χ4v) is 2.16. The van der Waals surface area contributed by atoms with Crippen molar-refractivity contribution in [2.75, 3.05) is 20.1 Å². The van der Waals surface area contributed by atoms with E-state index in [1.54, 1.807) is 7.05 Å². The highest BCUT2D eigenvalue weighted by Crippen LogP contribution is 2.09. The number of carboxylic acid groups (broad SMARTS) is 1. The zero-order valence-electron chi connectivity index (χ0n) is 10.4. The molecule has 0 saturated heterocycles. The highest BCUT2D eigenvalue weighted by molar-refractivity contribution is 7.09. The fraction of sp³-hybridized carbons (Fsp3) is 0.545. The van der Waals surface area contributed by atoms with Crippen LogP contribution in [0.15, 0.2) is 5.38 Å². The second-order valence-electron chi connectivity index (χ2n) is 3.93. The lowest BCUT2D eigenvalue weighted by Crippen LogP contribution is -2.35. The molecule has 18 heavy (non-hydrogen) atoms. The van der Waals surface area contributed by atoms with Gasteiger partial charge in [0.25, 0.3) is 0 Å². The summed E-state index contributed by atoms with van der Waals surface area (Å²) in [5, 5.41) is 16.7. The summed E-state index contributed by atoms with van der Waals surface area (Å²) in [6, 6.07) is 0. The molecule has 0 aliphatic carbocycles. The van der Waals surface area contributed by atoms with E-state index in [1.165, 1.54) is 16.7 Å². The minimum absolute atomic E-state index is 0.0145. The van der Waals surface area contributed by atoms with Crippen molar-refractivity contribution in [3.63, 3.8) is 0 Å². The molecular weight excluding hydrogens is 254 g/mol. The van der Waals surface area contributed by atoms with Gasteiger partial charge in [-0.25, -0.2) is 9.78 Å². The van der Waals surface area contributed by atoms with Crippen LogP contribution in [0, 0.1) is 5.92 Å². The van der Waals surface area contributed by atoms with Crippen LogP contribution >= 0.6 is 11.3 Å². The van der Waals surface area contributed by atoms with Crippen LogP contribution in [0.2, 0.25) is 0 Å². The fourth-order valence-electron chi connectivity index (χ4n) is 1.39. The van der Waals surface area contributed by atoms with Gasteiger partial charge in [0.2, 0.25) is 5.91 Å². The lowest BCUT2D eigenvalue weighted by atomic mass is 10.1. The number of nitrogens with one attached hydrogen (secondary N) is 2. The van der Waals surface area contributed by atoms with Crippen molar-refractivity contribution in [1.82, 2.24) is 15.6 Å². The van der Waals surface area contributed by atoms with Crippen LogP contribution in [-0.2, 0) is 11.2 Å². The van der Waals surface area contributed by atoms with E-state index in [-0.39, 0.29) is 17.5 Å². The van der Waals surface area contributed by atoms with Gasteiger partial charge < -0.3 is 15.7 Å². The van der Waals surface area contributed by atoms with Crippen LogP contribution in [0.4, 0.5) is 0 Å². The zero-order chi connectivity index (χ0) is 13.5. The Morgan fingerprint density at radius 3 is 2.83 bits per heavy atom. The Hall–Kier alpha value is -1.47. The smallest absolute Gasteiger partial charge is 0.355 e. The van der Waals surface area contributed by atoms with Crippen LogP contribution in [-0.4, -0.2) is 42.1 Å². The largest absolute Gasteiger partial charge is 0.476 e. The molecule has 0 aliphatic heterocycles. The Labute approximate surface area is 109 Å². The summed E-state index contributed by atoms with van der Waals surface area (Å²) >= 11 is 1.29. The minimum atomic E-state index is -1.02. The molecule has 1 amide bonds. The second-order valence-corrected chi connectivity index (χ2v) is 4.87. The monoisotopic (exact) mass is 271 g/mol. The van der Waals surface area contributed by atoms with E-state index in [2.05, 4.69) is 15.6 Å². The summed E-state index contributed by atoms with van der Waals surface area (Å²) in [6.07, 6.45) is 0.552. The molecule has 7 heteroatoms. The Bertz CT molecular complexity index is 419. The van der Waals surface area contributed by atoms with Crippen molar-refractivity contribution in [1.29, 1.82) is 0 Å². The Kier molecular flexibility index (Phi) is 5.73. The Balaban J connectivity index is 2.32. The standard InChI is InChI=1S/C11H17N3O3S/c1-7(5-12-2)10(15)13-4-3-9-14-8(6-18-9)11(16)17/h6-7,12H,3-5H2,1-2H3,(H,13,15)(H,16,17). The molecule has 0 spiro atoms. The number of amides is 1. The SMILES string of the molecule is CNCC(C)C(=O)NCCc1nc(C(=O)O)cs1. The molecule has 6 nitrogen and oxygen atoms in total. The number of rotatable bonds is 7. The van der Waals surface area contributed by atoms with Gasteiger partial charge in [-0.05, 0) is 7.05 Å². The molecule has 0 saturated carbocycles. The van der Waals surface area contributed by atoms with Gasteiger partial charge in [0, 0.05) is 30.8 Å². The molecule has 100 valence electrons. The summed E-state index contributed by atoms with van der Waals surface area (Å²) in [6.45, 7) is 2.95.